The molecule has 0 spiro atoms. The zero-order valence-corrected chi connectivity index (χ0v) is 9.82. The number of ether oxygens (including phenoxy) is 2. The second-order valence-corrected chi connectivity index (χ2v) is 4.43. The molecule has 1 heterocycles. The normalized spacial score (nSPS) is 27.1. The number of hydrogen-bond acceptors (Lipinski definition) is 3. The minimum absolute atomic E-state index is 0.110. The summed E-state index contributed by atoms with van der Waals surface area (Å²) in [5.74, 6) is 0. The number of halogens is 1. The van der Waals surface area contributed by atoms with Crippen LogP contribution in [0.15, 0.2) is 24.3 Å². The van der Waals surface area contributed by atoms with Crippen LogP contribution in [0.3, 0.4) is 0 Å². The maximum absolute atomic E-state index is 5.87. The van der Waals surface area contributed by atoms with Crippen LogP contribution in [0.1, 0.15) is 24.7 Å². The molecule has 0 aliphatic carbocycles. The van der Waals surface area contributed by atoms with Crippen LogP contribution in [0.25, 0.3) is 0 Å². The number of benzene rings is 1. The van der Waals surface area contributed by atoms with E-state index in [0.717, 1.165) is 18.4 Å². The molecule has 16 heavy (non-hydrogen) atoms. The molecule has 2 atom stereocenters. The van der Waals surface area contributed by atoms with E-state index in [-0.39, 0.29) is 12.3 Å². The highest BCUT2D eigenvalue weighted by Crippen LogP contribution is 2.23. The molecule has 3 nitrogen and oxygen atoms in total. The van der Waals surface area contributed by atoms with Gasteiger partial charge in [-0.2, -0.15) is 0 Å². The van der Waals surface area contributed by atoms with Gasteiger partial charge in [0, 0.05) is 16.6 Å². The summed E-state index contributed by atoms with van der Waals surface area (Å²) in [7, 11) is 0. The first kappa shape index (κ1) is 11.9. The molecule has 0 radical (unpaired) electrons. The van der Waals surface area contributed by atoms with E-state index >= 15 is 0 Å². The van der Waals surface area contributed by atoms with Gasteiger partial charge in [-0.1, -0.05) is 23.7 Å². The molecule has 4 heteroatoms. The van der Waals surface area contributed by atoms with Gasteiger partial charge in [0.25, 0.3) is 0 Å². The summed E-state index contributed by atoms with van der Waals surface area (Å²) in [6.07, 6.45) is 1.62. The van der Waals surface area contributed by atoms with E-state index < -0.39 is 0 Å². The van der Waals surface area contributed by atoms with Gasteiger partial charge in [0.15, 0.2) is 6.29 Å². The Morgan fingerprint density at radius 2 is 1.94 bits per heavy atom. The zero-order chi connectivity index (χ0) is 11.4. The van der Waals surface area contributed by atoms with E-state index in [1.165, 1.54) is 0 Å². The van der Waals surface area contributed by atoms with E-state index in [4.69, 9.17) is 26.8 Å². The molecular formula is C12H16ClNO2. The third kappa shape index (κ3) is 3.19. The second kappa shape index (κ2) is 5.64. The molecule has 2 rings (SSSR count). The minimum atomic E-state index is -0.316. The number of hydrogen-bond donors (Lipinski definition) is 1. The molecule has 2 N–H and O–H groups in total. The fraction of sp³-hybridized carbons (Fsp3) is 0.500. The molecule has 0 saturated carbocycles. The second-order valence-electron chi connectivity index (χ2n) is 3.99. The molecular weight excluding hydrogens is 226 g/mol. The SMILES string of the molecule is N[C@H]1CCCO[C@H](c2ccc(Cl)cc2)OC1. The predicted octanol–water partition coefficient (Wildman–Crippen LogP) is 2.49. The van der Waals surface area contributed by atoms with Gasteiger partial charge in [0.1, 0.15) is 0 Å². The van der Waals surface area contributed by atoms with E-state index in [2.05, 4.69) is 0 Å². The lowest BCUT2D eigenvalue weighted by molar-refractivity contribution is -0.159. The van der Waals surface area contributed by atoms with Crippen molar-refractivity contribution < 1.29 is 9.47 Å². The first-order chi connectivity index (χ1) is 7.75. The Kier molecular flexibility index (Phi) is 4.18. The Labute approximate surface area is 100 Å². The molecule has 0 bridgehead atoms. The minimum Gasteiger partial charge on any atom is -0.348 e. The summed E-state index contributed by atoms with van der Waals surface area (Å²) in [6.45, 7) is 1.22. The first-order valence-corrected chi connectivity index (χ1v) is 5.88. The van der Waals surface area contributed by atoms with Crippen molar-refractivity contribution in [2.45, 2.75) is 25.2 Å². The van der Waals surface area contributed by atoms with E-state index in [9.17, 15) is 0 Å². The van der Waals surface area contributed by atoms with Gasteiger partial charge < -0.3 is 15.2 Å². The summed E-state index contributed by atoms with van der Waals surface area (Å²) in [4.78, 5) is 0. The van der Waals surface area contributed by atoms with Crippen molar-refractivity contribution >= 4 is 11.6 Å². The number of nitrogens with two attached hydrogens (primary N) is 1. The summed E-state index contributed by atoms with van der Waals surface area (Å²) in [5, 5.41) is 0.714. The maximum atomic E-state index is 5.87. The van der Waals surface area contributed by atoms with Gasteiger partial charge in [0.05, 0.1) is 13.2 Å². The van der Waals surface area contributed by atoms with Gasteiger partial charge >= 0.3 is 0 Å². The fourth-order valence-corrected chi connectivity index (χ4v) is 1.82. The van der Waals surface area contributed by atoms with Gasteiger partial charge in [-0.15, -0.1) is 0 Å². The van der Waals surface area contributed by atoms with Gasteiger partial charge in [0.2, 0.25) is 0 Å². The Morgan fingerprint density at radius 3 is 2.69 bits per heavy atom. The summed E-state index contributed by atoms with van der Waals surface area (Å²) in [5.41, 5.74) is 6.85. The number of rotatable bonds is 1. The van der Waals surface area contributed by atoms with E-state index in [1.54, 1.807) is 0 Å². The summed E-state index contributed by atoms with van der Waals surface area (Å²) in [6, 6.07) is 7.61. The van der Waals surface area contributed by atoms with Crippen molar-refractivity contribution in [3.05, 3.63) is 34.9 Å². The zero-order valence-electron chi connectivity index (χ0n) is 9.06. The lowest BCUT2D eigenvalue weighted by atomic mass is 10.1. The van der Waals surface area contributed by atoms with E-state index in [0.29, 0.717) is 18.2 Å². The van der Waals surface area contributed by atoms with E-state index in [1.807, 2.05) is 24.3 Å². The third-order valence-electron chi connectivity index (χ3n) is 2.59. The van der Waals surface area contributed by atoms with Crippen LogP contribution < -0.4 is 5.73 Å². The van der Waals surface area contributed by atoms with Crippen LogP contribution >= 0.6 is 11.6 Å². The smallest absolute Gasteiger partial charge is 0.183 e. The average Bonchev–Trinajstić information content (AvgIpc) is 2.26. The fourth-order valence-electron chi connectivity index (χ4n) is 1.69. The quantitative estimate of drug-likeness (QED) is 0.822. The molecule has 1 fully saturated rings. The predicted molar refractivity (Wildman–Crippen MR) is 63.3 cm³/mol. The van der Waals surface area contributed by atoms with Gasteiger partial charge in [-0.05, 0) is 25.0 Å². The van der Waals surface area contributed by atoms with Crippen molar-refractivity contribution in [2.75, 3.05) is 13.2 Å². The van der Waals surface area contributed by atoms with Crippen LogP contribution in [-0.2, 0) is 9.47 Å². The Hall–Kier alpha value is -0.610. The highest BCUT2D eigenvalue weighted by Gasteiger charge is 2.17. The average molecular weight is 242 g/mol. The first-order valence-electron chi connectivity index (χ1n) is 5.50. The largest absolute Gasteiger partial charge is 0.348 e. The molecule has 1 aromatic carbocycles. The molecule has 1 aliphatic heterocycles. The van der Waals surface area contributed by atoms with Crippen LogP contribution in [0.2, 0.25) is 5.02 Å². The monoisotopic (exact) mass is 241 g/mol. The Morgan fingerprint density at radius 1 is 1.19 bits per heavy atom. The molecule has 1 aliphatic rings. The molecule has 1 aromatic rings. The van der Waals surface area contributed by atoms with Gasteiger partial charge in [-0.25, -0.2) is 0 Å². The topological polar surface area (TPSA) is 44.5 Å². The summed E-state index contributed by atoms with van der Waals surface area (Å²) < 4.78 is 11.3. The summed E-state index contributed by atoms with van der Waals surface area (Å²) >= 11 is 5.83. The third-order valence-corrected chi connectivity index (χ3v) is 2.84. The van der Waals surface area contributed by atoms with Crippen LogP contribution in [-0.4, -0.2) is 19.3 Å². The van der Waals surface area contributed by atoms with Crippen molar-refractivity contribution in [1.29, 1.82) is 0 Å². The Bertz CT molecular complexity index is 328. The molecule has 0 amide bonds. The van der Waals surface area contributed by atoms with Crippen molar-refractivity contribution in [2.24, 2.45) is 5.73 Å². The van der Waals surface area contributed by atoms with Crippen molar-refractivity contribution in [3.63, 3.8) is 0 Å². The lowest BCUT2D eigenvalue weighted by Crippen LogP contribution is -2.30. The van der Waals surface area contributed by atoms with Crippen molar-refractivity contribution in [1.82, 2.24) is 0 Å². The van der Waals surface area contributed by atoms with Crippen LogP contribution in [0.5, 0.6) is 0 Å². The maximum Gasteiger partial charge on any atom is 0.183 e. The van der Waals surface area contributed by atoms with Crippen LogP contribution in [0.4, 0.5) is 0 Å². The van der Waals surface area contributed by atoms with Crippen LogP contribution in [0, 0.1) is 0 Å². The molecule has 1 saturated heterocycles. The molecule has 88 valence electrons. The highest BCUT2D eigenvalue weighted by molar-refractivity contribution is 6.30. The van der Waals surface area contributed by atoms with Crippen molar-refractivity contribution in [3.8, 4) is 0 Å². The molecule has 0 unspecified atom stereocenters. The van der Waals surface area contributed by atoms with Gasteiger partial charge in [-0.3, -0.25) is 0 Å². The Balaban J connectivity index is 2.04. The standard InChI is InChI=1S/C12H16ClNO2/c13-10-5-3-9(4-6-10)12-15-7-1-2-11(14)8-16-12/h3-6,11-12H,1-2,7-8,14H2/t11-,12-/m0/s1. The highest BCUT2D eigenvalue weighted by atomic mass is 35.5. The molecule has 0 aromatic heterocycles. The lowest BCUT2D eigenvalue weighted by Gasteiger charge is -2.24.